The largest absolute Gasteiger partial charge is 0.343 e. The zero-order valence-corrected chi connectivity index (χ0v) is 12.3. The average molecular weight is 287 g/mol. The van der Waals surface area contributed by atoms with Crippen LogP contribution in [0.1, 0.15) is 19.8 Å². The van der Waals surface area contributed by atoms with Crippen LogP contribution in [0.2, 0.25) is 0 Å². The van der Waals surface area contributed by atoms with Crippen molar-refractivity contribution in [3.8, 4) is 0 Å². The van der Waals surface area contributed by atoms with Crippen LogP contribution in [0.3, 0.4) is 0 Å². The molecular formula is C16H21N3O2. The molecule has 0 bridgehead atoms. The van der Waals surface area contributed by atoms with Crippen molar-refractivity contribution in [2.24, 2.45) is 5.41 Å². The Morgan fingerprint density at radius 3 is 2.24 bits per heavy atom. The van der Waals surface area contributed by atoms with Gasteiger partial charge in [-0.05, 0) is 25.0 Å². The normalized spacial score (nSPS) is 20.0. The number of carbonyl (C=O) groups is 2. The lowest BCUT2D eigenvalue weighted by atomic mass is 9.72. The number of piperidine rings is 1. The second-order valence-corrected chi connectivity index (χ2v) is 6.16. The maximum Gasteiger partial charge on any atom is 0.321 e. The van der Waals surface area contributed by atoms with Gasteiger partial charge in [-0.2, -0.15) is 0 Å². The third kappa shape index (κ3) is 2.86. The van der Waals surface area contributed by atoms with Crippen molar-refractivity contribution in [1.82, 2.24) is 9.80 Å². The molecule has 0 unspecified atom stereocenters. The molecule has 0 aliphatic carbocycles. The Kier molecular flexibility index (Phi) is 3.57. The van der Waals surface area contributed by atoms with Gasteiger partial charge in [0, 0.05) is 44.2 Å². The fourth-order valence-corrected chi connectivity index (χ4v) is 3.24. The van der Waals surface area contributed by atoms with Crippen molar-refractivity contribution in [1.29, 1.82) is 0 Å². The molecular weight excluding hydrogens is 266 g/mol. The first-order chi connectivity index (χ1) is 10.1. The predicted octanol–water partition coefficient (Wildman–Crippen LogP) is 2.16. The third-order valence-corrected chi connectivity index (χ3v) is 4.63. The molecule has 5 nitrogen and oxygen atoms in total. The molecule has 0 saturated carbocycles. The summed E-state index contributed by atoms with van der Waals surface area (Å²) in [5.41, 5.74) is 1.06. The number of hydrogen-bond donors (Lipinski definition) is 1. The van der Waals surface area contributed by atoms with E-state index in [4.69, 9.17) is 0 Å². The van der Waals surface area contributed by atoms with Crippen molar-refractivity contribution >= 4 is 17.6 Å². The number of amides is 3. The van der Waals surface area contributed by atoms with Crippen molar-refractivity contribution in [2.45, 2.75) is 19.8 Å². The van der Waals surface area contributed by atoms with Gasteiger partial charge in [-0.1, -0.05) is 18.2 Å². The van der Waals surface area contributed by atoms with Gasteiger partial charge in [0.25, 0.3) is 0 Å². The molecule has 2 fully saturated rings. The van der Waals surface area contributed by atoms with Crippen LogP contribution in [0, 0.1) is 5.41 Å². The number of anilines is 1. The molecule has 2 heterocycles. The zero-order chi connectivity index (χ0) is 14.9. The summed E-state index contributed by atoms with van der Waals surface area (Å²) in [5.74, 6) is 0.155. The first-order valence-corrected chi connectivity index (χ1v) is 7.45. The number of para-hydroxylation sites is 1. The summed E-state index contributed by atoms with van der Waals surface area (Å²) in [6.45, 7) is 4.88. The Labute approximate surface area is 124 Å². The minimum atomic E-state index is -0.0270. The number of rotatable bonds is 1. The Hall–Kier alpha value is -2.04. The highest BCUT2D eigenvalue weighted by molar-refractivity contribution is 5.89. The van der Waals surface area contributed by atoms with Crippen molar-refractivity contribution < 1.29 is 9.59 Å². The van der Waals surface area contributed by atoms with Crippen LogP contribution in [0.25, 0.3) is 0 Å². The molecule has 2 aliphatic heterocycles. The van der Waals surface area contributed by atoms with E-state index >= 15 is 0 Å². The number of urea groups is 1. The van der Waals surface area contributed by atoms with Crippen LogP contribution in [0.15, 0.2) is 30.3 Å². The standard InChI is InChI=1S/C16H21N3O2/c1-13(20)18-9-7-16(8-10-18)11-19(12-16)15(21)17-14-5-3-2-4-6-14/h2-6H,7-12H2,1H3,(H,17,21). The topological polar surface area (TPSA) is 52.7 Å². The number of nitrogens with zero attached hydrogens (tertiary/aromatic N) is 2. The lowest BCUT2D eigenvalue weighted by molar-refractivity contribution is -0.133. The number of benzene rings is 1. The maximum absolute atomic E-state index is 12.1. The van der Waals surface area contributed by atoms with E-state index in [9.17, 15) is 9.59 Å². The minimum Gasteiger partial charge on any atom is -0.343 e. The molecule has 5 heteroatoms. The second-order valence-electron chi connectivity index (χ2n) is 6.16. The Bertz CT molecular complexity index is 528. The van der Waals surface area contributed by atoms with Crippen LogP contribution in [0.4, 0.5) is 10.5 Å². The summed E-state index contributed by atoms with van der Waals surface area (Å²) in [6.07, 6.45) is 2.00. The van der Waals surface area contributed by atoms with Gasteiger partial charge >= 0.3 is 6.03 Å². The van der Waals surface area contributed by atoms with E-state index < -0.39 is 0 Å². The summed E-state index contributed by atoms with van der Waals surface area (Å²) < 4.78 is 0. The lowest BCUT2D eigenvalue weighted by Gasteiger charge is -2.53. The molecule has 2 aliphatic rings. The number of carbonyl (C=O) groups excluding carboxylic acids is 2. The van der Waals surface area contributed by atoms with Gasteiger partial charge in [-0.15, -0.1) is 0 Å². The Morgan fingerprint density at radius 1 is 1.05 bits per heavy atom. The van der Waals surface area contributed by atoms with E-state index in [2.05, 4.69) is 5.32 Å². The predicted molar refractivity (Wildman–Crippen MR) is 81.0 cm³/mol. The zero-order valence-electron chi connectivity index (χ0n) is 12.3. The molecule has 0 atom stereocenters. The summed E-state index contributed by atoms with van der Waals surface area (Å²) in [4.78, 5) is 27.2. The fraction of sp³-hybridized carbons (Fsp3) is 0.500. The molecule has 1 N–H and O–H groups in total. The summed E-state index contributed by atoms with van der Waals surface area (Å²) >= 11 is 0. The first kappa shape index (κ1) is 13.9. The van der Waals surface area contributed by atoms with Crippen LogP contribution in [0.5, 0.6) is 0 Å². The smallest absolute Gasteiger partial charge is 0.321 e. The molecule has 1 aromatic rings. The fourth-order valence-electron chi connectivity index (χ4n) is 3.24. The van der Waals surface area contributed by atoms with Crippen molar-refractivity contribution in [2.75, 3.05) is 31.5 Å². The number of likely N-dealkylation sites (tertiary alicyclic amines) is 2. The first-order valence-electron chi connectivity index (χ1n) is 7.45. The average Bonchev–Trinajstić information content (AvgIpc) is 2.45. The van der Waals surface area contributed by atoms with Crippen LogP contribution < -0.4 is 5.32 Å². The molecule has 1 spiro atoms. The summed E-state index contributed by atoms with van der Waals surface area (Å²) in [5, 5.41) is 2.92. The Balaban J connectivity index is 1.49. The highest BCUT2D eigenvalue weighted by atomic mass is 16.2. The molecule has 2 saturated heterocycles. The van der Waals surface area contributed by atoms with Crippen LogP contribution in [-0.4, -0.2) is 47.9 Å². The lowest BCUT2D eigenvalue weighted by Crippen LogP contribution is -2.62. The van der Waals surface area contributed by atoms with Gasteiger partial charge in [-0.25, -0.2) is 4.79 Å². The van der Waals surface area contributed by atoms with Crippen molar-refractivity contribution in [3.05, 3.63) is 30.3 Å². The van der Waals surface area contributed by atoms with Gasteiger partial charge in [0.15, 0.2) is 0 Å². The molecule has 3 amide bonds. The highest BCUT2D eigenvalue weighted by Crippen LogP contribution is 2.40. The maximum atomic E-state index is 12.1. The SMILES string of the molecule is CC(=O)N1CCC2(CC1)CN(C(=O)Nc1ccccc1)C2. The van der Waals surface area contributed by atoms with Gasteiger partial charge in [0.1, 0.15) is 0 Å². The highest BCUT2D eigenvalue weighted by Gasteiger charge is 2.46. The Morgan fingerprint density at radius 2 is 1.67 bits per heavy atom. The molecule has 3 rings (SSSR count). The van der Waals surface area contributed by atoms with E-state index in [1.165, 1.54) is 0 Å². The quantitative estimate of drug-likeness (QED) is 0.860. The van der Waals surface area contributed by atoms with Gasteiger partial charge in [0.05, 0.1) is 0 Å². The van der Waals surface area contributed by atoms with E-state index in [1.54, 1.807) is 6.92 Å². The molecule has 0 radical (unpaired) electrons. The monoisotopic (exact) mass is 287 g/mol. The minimum absolute atomic E-state index is 0.0270. The van der Waals surface area contributed by atoms with E-state index in [-0.39, 0.29) is 17.4 Å². The summed E-state index contributed by atoms with van der Waals surface area (Å²) in [6, 6.07) is 9.49. The van der Waals surface area contributed by atoms with Gasteiger partial charge < -0.3 is 15.1 Å². The van der Waals surface area contributed by atoms with Crippen LogP contribution >= 0.6 is 0 Å². The molecule has 0 aromatic heterocycles. The van der Waals surface area contributed by atoms with Gasteiger partial charge in [0.2, 0.25) is 5.91 Å². The molecule has 21 heavy (non-hydrogen) atoms. The second kappa shape index (κ2) is 5.39. The van der Waals surface area contributed by atoms with E-state index in [1.807, 2.05) is 40.1 Å². The molecule has 1 aromatic carbocycles. The van der Waals surface area contributed by atoms with Crippen molar-refractivity contribution in [3.63, 3.8) is 0 Å². The van der Waals surface area contributed by atoms with E-state index in [0.29, 0.717) is 0 Å². The summed E-state index contributed by atoms with van der Waals surface area (Å²) in [7, 11) is 0. The number of hydrogen-bond acceptors (Lipinski definition) is 2. The van der Waals surface area contributed by atoms with Gasteiger partial charge in [-0.3, -0.25) is 4.79 Å². The third-order valence-electron chi connectivity index (χ3n) is 4.63. The van der Waals surface area contributed by atoms with E-state index in [0.717, 1.165) is 44.7 Å². The van der Waals surface area contributed by atoms with Crippen LogP contribution in [-0.2, 0) is 4.79 Å². The molecule has 112 valence electrons. The number of nitrogens with one attached hydrogen (secondary N) is 1.